The number of ether oxygens (including phenoxy) is 1. The largest absolute Gasteiger partial charge is 0.492 e. The maximum atomic E-state index is 6.01. The molecule has 0 bridgehead atoms. The van der Waals surface area contributed by atoms with E-state index in [1.54, 1.807) is 0 Å². The molecule has 0 saturated carbocycles. The Labute approximate surface area is 99.1 Å². The van der Waals surface area contributed by atoms with Crippen LogP contribution in [-0.4, -0.2) is 6.61 Å². The minimum Gasteiger partial charge on any atom is -0.492 e. The van der Waals surface area contributed by atoms with Gasteiger partial charge in [-0.1, -0.05) is 0 Å². The number of benzene rings is 1. The van der Waals surface area contributed by atoms with Crippen molar-refractivity contribution in [2.24, 2.45) is 5.73 Å². The van der Waals surface area contributed by atoms with Gasteiger partial charge in [-0.2, -0.15) is 0 Å². The Balaban J connectivity index is 2.60. The lowest BCUT2D eigenvalue weighted by Crippen LogP contribution is -2.21. The zero-order chi connectivity index (χ0) is 9.42. The van der Waals surface area contributed by atoms with Gasteiger partial charge in [0.25, 0.3) is 0 Å². The van der Waals surface area contributed by atoms with Gasteiger partial charge in [0.05, 0.1) is 11.1 Å². The standard InChI is InChI=1S/C9H9BrINO/c10-5-1-2-6(11)8-7(12)3-4-13-9(5)8/h1-2,7H,3-4,12H2. The van der Waals surface area contributed by atoms with Gasteiger partial charge in [-0.05, 0) is 50.7 Å². The third-order valence-electron chi connectivity index (χ3n) is 2.14. The third kappa shape index (κ3) is 1.71. The van der Waals surface area contributed by atoms with E-state index in [9.17, 15) is 0 Å². The molecule has 1 aliphatic heterocycles. The molecule has 1 aromatic carbocycles. The fraction of sp³-hybridized carbons (Fsp3) is 0.333. The maximum absolute atomic E-state index is 6.01. The van der Waals surface area contributed by atoms with E-state index in [1.165, 1.54) is 3.57 Å². The van der Waals surface area contributed by atoms with Crippen molar-refractivity contribution in [1.29, 1.82) is 0 Å². The zero-order valence-corrected chi connectivity index (χ0v) is 10.6. The van der Waals surface area contributed by atoms with Crippen LogP contribution in [0.5, 0.6) is 5.75 Å². The molecular formula is C9H9BrINO. The summed E-state index contributed by atoms with van der Waals surface area (Å²) in [5, 5.41) is 0. The summed E-state index contributed by atoms with van der Waals surface area (Å²) in [6.45, 7) is 0.715. The molecule has 1 heterocycles. The highest BCUT2D eigenvalue weighted by Gasteiger charge is 2.22. The predicted molar refractivity (Wildman–Crippen MR) is 63.9 cm³/mol. The summed E-state index contributed by atoms with van der Waals surface area (Å²) in [5.41, 5.74) is 7.15. The normalized spacial score (nSPS) is 20.7. The Hall–Kier alpha value is 0.190. The SMILES string of the molecule is NC1CCOc2c(Br)ccc(I)c21. The van der Waals surface area contributed by atoms with Gasteiger partial charge in [0.1, 0.15) is 5.75 Å². The second kappa shape index (κ2) is 3.74. The summed E-state index contributed by atoms with van der Waals surface area (Å²) < 4.78 is 7.76. The number of halogens is 2. The summed E-state index contributed by atoms with van der Waals surface area (Å²) in [7, 11) is 0. The zero-order valence-electron chi connectivity index (χ0n) is 6.89. The molecule has 0 aliphatic carbocycles. The van der Waals surface area contributed by atoms with Crippen LogP contribution >= 0.6 is 38.5 Å². The van der Waals surface area contributed by atoms with E-state index in [1.807, 2.05) is 6.07 Å². The van der Waals surface area contributed by atoms with Gasteiger partial charge in [0.15, 0.2) is 0 Å². The molecule has 2 rings (SSSR count). The Bertz CT molecular complexity index is 343. The minimum atomic E-state index is 0.119. The molecule has 0 amide bonds. The monoisotopic (exact) mass is 353 g/mol. The van der Waals surface area contributed by atoms with Crippen LogP contribution in [0.4, 0.5) is 0 Å². The van der Waals surface area contributed by atoms with Crippen LogP contribution in [0, 0.1) is 3.57 Å². The van der Waals surface area contributed by atoms with Gasteiger partial charge < -0.3 is 10.5 Å². The smallest absolute Gasteiger partial charge is 0.139 e. The third-order valence-corrected chi connectivity index (χ3v) is 3.71. The van der Waals surface area contributed by atoms with Crippen molar-refractivity contribution in [2.45, 2.75) is 12.5 Å². The van der Waals surface area contributed by atoms with E-state index < -0.39 is 0 Å². The molecule has 4 heteroatoms. The van der Waals surface area contributed by atoms with Crippen LogP contribution in [0.1, 0.15) is 18.0 Å². The van der Waals surface area contributed by atoms with Crippen LogP contribution in [0.3, 0.4) is 0 Å². The highest BCUT2D eigenvalue weighted by Crippen LogP contribution is 2.39. The first-order chi connectivity index (χ1) is 6.20. The Morgan fingerprint density at radius 1 is 1.54 bits per heavy atom. The van der Waals surface area contributed by atoms with Crippen molar-refractivity contribution in [3.05, 3.63) is 25.7 Å². The highest BCUT2D eigenvalue weighted by molar-refractivity contribution is 14.1. The molecule has 2 N–H and O–H groups in total. The van der Waals surface area contributed by atoms with Gasteiger partial charge in [-0.25, -0.2) is 0 Å². The molecule has 0 radical (unpaired) electrons. The summed E-state index contributed by atoms with van der Waals surface area (Å²) in [6.07, 6.45) is 0.902. The van der Waals surface area contributed by atoms with Crippen molar-refractivity contribution in [3.63, 3.8) is 0 Å². The number of rotatable bonds is 0. The molecule has 1 atom stereocenters. The average Bonchev–Trinajstić information content (AvgIpc) is 2.12. The topological polar surface area (TPSA) is 35.2 Å². The Morgan fingerprint density at radius 2 is 2.31 bits per heavy atom. The quantitative estimate of drug-likeness (QED) is 0.728. The van der Waals surface area contributed by atoms with Crippen molar-refractivity contribution < 1.29 is 4.74 Å². The molecule has 0 fully saturated rings. The van der Waals surface area contributed by atoms with Crippen LogP contribution < -0.4 is 10.5 Å². The molecule has 1 aliphatic rings. The molecule has 0 saturated heterocycles. The molecule has 1 unspecified atom stereocenters. The molecule has 70 valence electrons. The van der Waals surface area contributed by atoms with Crippen LogP contribution in [-0.2, 0) is 0 Å². The first kappa shape index (κ1) is 9.73. The van der Waals surface area contributed by atoms with E-state index >= 15 is 0 Å². The van der Waals surface area contributed by atoms with Crippen molar-refractivity contribution in [2.75, 3.05) is 6.61 Å². The first-order valence-electron chi connectivity index (χ1n) is 4.06. The van der Waals surface area contributed by atoms with E-state index in [-0.39, 0.29) is 6.04 Å². The van der Waals surface area contributed by atoms with Crippen LogP contribution in [0.2, 0.25) is 0 Å². The Kier molecular flexibility index (Phi) is 2.80. The lowest BCUT2D eigenvalue weighted by molar-refractivity contribution is 0.266. The van der Waals surface area contributed by atoms with E-state index in [2.05, 4.69) is 44.6 Å². The lowest BCUT2D eigenvalue weighted by Gasteiger charge is -2.24. The second-order valence-corrected chi connectivity index (χ2v) is 5.03. The molecule has 0 aromatic heterocycles. The van der Waals surface area contributed by atoms with Crippen LogP contribution in [0.15, 0.2) is 16.6 Å². The summed E-state index contributed by atoms with van der Waals surface area (Å²) in [6, 6.07) is 4.17. The average molecular weight is 354 g/mol. The number of fused-ring (bicyclic) bond motifs is 1. The van der Waals surface area contributed by atoms with Gasteiger partial charge in [-0.15, -0.1) is 0 Å². The number of hydrogen-bond acceptors (Lipinski definition) is 2. The maximum Gasteiger partial charge on any atom is 0.139 e. The Morgan fingerprint density at radius 3 is 3.00 bits per heavy atom. The highest BCUT2D eigenvalue weighted by atomic mass is 127. The number of hydrogen-bond donors (Lipinski definition) is 1. The summed E-state index contributed by atoms with van der Waals surface area (Å²) >= 11 is 5.75. The molecule has 0 spiro atoms. The summed E-state index contributed by atoms with van der Waals surface area (Å²) in [5.74, 6) is 0.922. The lowest BCUT2D eigenvalue weighted by atomic mass is 10.0. The van der Waals surface area contributed by atoms with Crippen molar-refractivity contribution in [1.82, 2.24) is 0 Å². The van der Waals surface area contributed by atoms with E-state index in [0.717, 1.165) is 22.2 Å². The van der Waals surface area contributed by atoms with Gasteiger partial charge in [0, 0.05) is 21.6 Å². The second-order valence-electron chi connectivity index (χ2n) is 3.02. The fourth-order valence-corrected chi connectivity index (χ4v) is 2.76. The molecule has 2 nitrogen and oxygen atoms in total. The van der Waals surface area contributed by atoms with Crippen molar-refractivity contribution in [3.8, 4) is 5.75 Å². The van der Waals surface area contributed by atoms with Crippen LogP contribution in [0.25, 0.3) is 0 Å². The van der Waals surface area contributed by atoms with E-state index in [4.69, 9.17) is 10.5 Å². The van der Waals surface area contributed by atoms with Crippen molar-refractivity contribution >= 4 is 38.5 Å². The minimum absolute atomic E-state index is 0.119. The predicted octanol–water partition coefficient (Wildman–Crippen LogP) is 2.84. The molecular weight excluding hydrogens is 345 g/mol. The summed E-state index contributed by atoms with van der Waals surface area (Å²) in [4.78, 5) is 0. The first-order valence-corrected chi connectivity index (χ1v) is 5.93. The van der Waals surface area contributed by atoms with Gasteiger partial charge in [0.2, 0.25) is 0 Å². The van der Waals surface area contributed by atoms with Gasteiger partial charge in [-0.3, -0.25) is 0 Å². The molecule has 13 heavy (non-hydrogen) atoms. The van der Waals surface area contributed by atoms with Gasteiger partial charge >= 0.3 is 0 Å². The molecule has 1 aromatic rings. The fourth-order valence-electron chi connectivity index (χ4n) is 1.47. The van der Waals surface area contributed by atoms with E-state index in [0.29, 0.717) is 6.61 Å². The number of nitrogens with two attached hydrogens (primary N) is 1.